The van der Waals surface area contributed by atoms with Gasteiger partial charge in [-0.05, 0) is 61.3 Å². The number of imidazole rings is 1. The van der Waals surface area contributed by atoms with Gasteiger partial charge in [-0.2, -0.15) is 0 Å². The largest absolute Gasteiger partial charge is 0.392 e. The summed E-state index contributed by atoms with van der Waals surface area (Å²) in [4.78, 5) is 4.81. The summed E-state index contributed by atoms with van der Waals surface area (Å²) in [7, 11) is 0. The van der Waals surface area contributed by atoms with E-state index in [-0.39, 0.29) is 6.61 Å². The van der Waals surface area contributed by atoms with Crippen molar-refractivity contribution < 1.29 is 5.11 Å². The second-order valence-corrected chi connectivity index (χ2v) is 6.60. The molecule has 0 amide bonds. The van der Waals surface area contributed by atoms with E-state index in [2.05, 4.69) is 54.8 Å². The van der Waals surface area contributed by atoms with Crippen LogP contribution in [0.4, 0.5) is 0 Å². The van der Waals surface area contributed by atoms with Gasteiger partial charge in [0, 0.05) is 11.9 Å². The summed E-state index contributed by atoms with van der Waals surface area (Å²) in [5.74, 6) is 0.541. The maximum atomic E-state index is 9.80. The monoisotopic (exact) mass is 306 g/mol. The predicted octanol–water partition coefficient (Wildman–Crippen LogP) is 3.72. The van der Waals surface area contributed by atoms with Gasteiger partial charge in [0.15, 0.2) is 0 Å². The standard InChI is InChI=1S/C20H22N2O/c1-13-14(2)22-11-17(12-23)18-9-8-16(10-19(18)20(22)21-13)15-6-4-3-5-7-15/h3-7,11,16,23H,8-10,12H2,1-2H3. The second-order valence-electron chi connectivity index (χ2n) is 6.60. The fraction of sp³-hybridized carbons (Fsp3) is 0.350. The van der Waals surface area contributed by atoms with Crippen molar-refractivity contribution in [3.8, 4) is 0 Å². The van der Waals surface area contributed by atoms with Gasteiger partial charge in [-0.3, -0.25) is 0 Å². The van der Waals surface area contributed by atoms with Gasteiger partial charge in [0.25, 0.3) is 0 Å². The molecule has 23 heavy (non-hydrogen) atoms. The number of nitrogens with zero attached hydrogens (tertiary/aromatic N) is 2. The van der Waals surface area contributed by atoms with Crippen molar-refractivity contribution in [1.29, 1.82) is 0 Å². The van der Waals surface area contributed by atoms with Crippen molar-refractivity contribution in [2.45, 2.75) is 45.6 Å². The van der Waals surface area contributed by atoms with Crippen molar-refractivity contribution >= 4 is 5.65 Å². The van der Waals surface area contributed by atoms with Crippen LogP contribution >= 0.6 is 0 Å². The maximum absolute atomic E-state index is 9.80. The van der Waals surface area contributed by atoms with Gasteiger partial charge >= 0.3 is 0 Å². The minimum atomic E-state index is 0.102. The summed E-state index contributed by atoms with van der Waals surface area (Å²) in [6.45, 7) is 4.26. The van der Waals surface area contributed by atoms with E-state index in [1.807, 2.05) is 0 Å². The van der Waals surface area contributed by atoms with Crippen molar-refractivity contribution in [2.75, 3.05) is 0 Å². The molecular formula is C20H22N2O. The first-order chi connectivity index (χ1) is 11.2. The molecule has 0 saturated heterocycles. The molecule has 3 nitrogen and oxygen atoms in total. The van der Waals surface area contributed by atoms with Crippen LogP contribution in [0.3, 0.4) is 0 Å². The van der Waals surface area contributed by atoms with E-state index >= 15 is 0 Å². The van der Waals surface area contributed by atoms with Crippen LogP contribution in [-0.2, 0) is 19.4 Å². The van der Waals surface area contributed by atoms with Crippen LogP contribution in [0.5, 0.6) is 0 Å². The van der Waals surface area contributed by atoms with Crippen molar-refractivity contribution in [3.63, 3.8) is 0 Å². The van der Waals surface area contributed by atoms with Gasteiger partial charge in [-0.25, -0.2) is 4.98 Å². The number of aromatic nitrogens is 2. The molecule has 3 aromatic rings. The summed E-state index contributed by atoms with van der Waals surface area (Å²) in [6.07, 6.45) is 5.24. The van der Waals surface area contributed by atoms with E-state index < -0.39 is 0 Å². The number of fused-ring (bicyclic) bond motifs is 3. The van der Waals surface area contributed by atoms with Crippen LogP contribution in [0.1, 0.15) is 46.0 Å². The number of aliphatic hydroxyl groups excluding tert-OH is 1. The highest BCUT2D eigenvalue weighted by Gasteiger charge is 2.25. The Morgan fingerprint density at radius 2 is 1.96 bits per heavy atom. The van der Waals surface area contributed by atoms with Gasteiger partial charge in [0.2, 0.25) is 0 Å². The molecule has 1 aliphatic carbocycles. The predicted molar refractivity (Wildman–Crippen MR) is 91.8 cm³/mol. The Hall–Kier alpha value is -2.13. The lowest BCUT2D eigenvalue weighted by Gasteiger charge is -2.27. The average Bonchev–Trinajstić information content (AvgIpc) is 2.89. The molecule has 0 bridgehead atoms. The zero-order valence-corrected chi connectivity index (χ0v) is 13.7. The Labute approximate surface area is 136 Å². The second kappa shape index (κ2) is 5.50. The molecule has 2 aromatic heterocycles. The van der Waals surface area contributed by atoms with Gasteiger partial charge in [-0.1, -0.05) is 30.3 Å². The lowest BCUT2D eigenvalue weighted by Crippen LogP contribution is -2.17. The average molecular weight is 306 g/mol. The molecule has 0 aliphatic heterocycles. The molecule has 1 aromatic carbocycles. The summed E-state index contributed by atoms with van der Waals surface area (Å²) in [5, 5.41) is 9.80. The summed E-state index contributed by atoms with van der Waals surface area (Å²) in [6, 6.07) is 10.8. The number of benzene rings is 1. The summed E-state index contributed by atoms with van der Waals surface area (Å²) >= 11 is 0. The minimum absolute atomic E-state index is 0.102. The first-order valence-electron chi connectivity index (χ1n) is 8.33. The molecule has 3 heteroatoms. The van der Waals surface area contributed by atoms with Crippen LogP contribution in [0, 0.1) is 13.8 Å². The van der Waals surface area contributed by atoms with Gasteiger partial charge in [0.05, 0.1) is 12.3 Å². The first-order valence-corrected chi connectivity index (χ1v) is 8.33. The first kappa shape index (κ1) is 14.5. The van der Waals surface area contributed by atoms with E-state index in [4.69, 9.17) is 4.98 Å². The number of pyridine rings is 1. The lowest BCUT2D eigenvalue weighted by molar-refractivity contribution is 0.279. The number of hydrogen-bond donors (Lipinski definition) is 1. The summed E-state index contributed by atoms with van der Waals surface area (Å²) in [5.41, 5.74) is 8.42. The molecule has 2 heterocycles. The maximum Gasteiger partial charge on any atom is 0.140 e. The highest BCUT2D eigenvalue weighted by Crippen LogP contribution is 2.36. The lowest BCUT2D eigenvalue weighted by atomic mass is 9.79. The van der Waals surface area contributed by atoms with E-state index in [0.29, 0.717) is 5.92 Å². The topological polar surface area (TPSA) is 37.5 Å². The van der Waals surface area contributed by atoms with Crippen LogP contribution in [0.2, 0.25) is 0 Å². The molecular weight excluding hydrogens is 284 g/mol. The van der Waals surface area contributed by atoms with E-state index in [1.165, 1.54) is 22.4 Å². The Balaban J connectivity index is 1.87. The van der Waals surface area contributed by atoms with E-state index in [1.54, 1.807) is 0 Å². The van der Waals surface area contributed by atoms with E-state index in [9.17, 15) is 5.11 Å². The number of aryl methyl sites for hydroxylation is 2. The normalized spacial score (nSPS) is 17.4. The fourth-order valence-electron chi connectivity index (χ4n) is 3.90. The zero-order chi connectivity index (χ0) is 16.0. The van der Waals surface area contributed by atoms with Gasteiger partial charge in [0.1, 0.15) is 5.65 Å². The minimum Gasteiger partial charge on any atom is -0.392 e. The highest BCUT2D eigenvalue weighted by atomic mass is 16.3. The molecule has 1 atom stereocenters. The Bertz CT molecular complexity index is 864. The molecule has 0 spiro atoms. The van der Waals surface area contributed by atoms with Crippen LogP contribution in [-0.4, -0.2) is 14.5 Å². The van der Waals surface area contributed by atoms with Gasteiger partial charge < -0.3 is 9.51 Å². The molecule has 0 fully saturated rings. The summed E-state index contributed by atoms with van der Waals surface area (Å²) < 4.78 is 2.16. The third-order valence-corrected chi connectivity index (χ3v) is 5.33. The third-order valence-electron chi connectivity index (χ3n) is 5.33. The Morgan fingerprint density at radius 1 is 1.17 bits per heavy atom. The Morgan fingerprint density at radius 3 is 2.70 bits per heavy atom. The van der Waals surface area contributed by atoms with E-state index in [0.717, 1.165) is 36.2 Å². The molecule has 0 radical (unpaired) electrons. The quantitative estimate of drug-likeness (QED) is 0.783. The molecule has 1 aliphatic rings. The van der Waals surface area contributed by atoms with Crippen molar-refractivity contribution in [2.24, 2.45) is 0 Å². The van der Waals surface area contributed by atoms with Crippen LogP contribution in [0.25, 0.3) is 5.65 Å². The van der Waals surface area contributed by atoms with Crippen molar-refractivity contribution in [1.82, 2.24) is 9.38 Å². The van der Waals surface area contributed by atoms with Gasteiger partial charge in [-0.15, -0.1) is 0 Å². The smallest absolute Gasteiger partial charge is 0.140 e. The molecule has 0 saturated carbocycles. The third kappa shape index (κ3) is 2.27. The molecule has 118 valence electrons. The van der Waals surface area contributed by atoms with Crippen LogP contribution in [0.15, 0.2) is 36.5 Å². The Kier molecular flexibility index (Phi) is 3.46. The van der Waals surface area contributed by atoms with Crippen LogP contribution < -0.4 is 0 Å². The molecule has 1 unspecified atom stereocenters. The number of hydrogen-bond acceptors (Lipinski definition) is 2. The SMILES string of the molecule is Cc1nc2c3c(c(CO)cn2c1C)CCC(c1ccccc1)C3. The zero-order valence-electron chi connectivity index (χ0n) is 13.7. The molecule has 4 rings (SSSR count). The number of rotatable bonds is 2. The fourth-order valence-corrected chi connectivity index (χ4v) is 3.90. The number of aliphatic hydroxyl groups is 1. The van der Waals surface area contributed by atoms with Crippen molar-refractivity contribution in [3.05, 3.63) is 70.2 Å². The molecule has 1 N–H and O–H groups in total. The highest BCUT2D eigenvalue weighted by molar-refractivity contribution is 5.58.